The molecule has 3 aromatic carbocycles. The van der Waals surface area contributed by atoms with Crippen LogP contribution in [0.25, 0.3) is 0 Å². The summed E-state index contributed by atoms with van der Waals surface area (Å²) in [4.78, 5) is 5.51. The monoisotopic (exact) mass is 566 g/mol. The third-order valence-electron chi connectivity index (χ3n) is 5.40. The maximum atomic E-state index is 9.04. The van der Waals surface area contributed by atoms with Gasteiger partial charge in [0, 0.05) is 0 Å². The van der Waals surface area contributed by atoms with E-state index >= 15 is 0 Å². The number of hydrazone groups is 1. The van der Waals surface area contributed by atoms with Crippen molar-refractivity contribution in [2.45, 2.75) is 23.1 Å². The summed E-state index contributed by atoms with van der Waals surface area (Å²) in [6.07, 6.45) is 0.846. The zero-order valence-corrected chi connectivity index (χ0v) is 22.3. The van der Waals surface area contributed by atoms with Crippen LogP contribution in [0.15, 0.2) is 98.2 Å². The fourth-order valence-corrected chi connectivity index (χ4v) is 4.69. The van der Waals surface area contributed by atoms with E-state index in [9.17, 15) is 0 Å². The molecule has 0 aliphatic carbocycles. The van der Waals surface area contributed by atoms with Crippen LogP contribution in [-0.2, 0) is 0 Å². The summed E-state index contributed by atoms with van der Waals surface area (Å²) in [5, 5.41) is 16.6. The topological polar surface area (TPSA) is 90.1 Å². The van der Waals surface area contributed by atoms with Crippen molar-refractivity contribution in [1.82, 2.24) is 5.01 Å². The quantitative estimate of drug-likeness (QED) is 0.190. The van der Waals surface area contributed by atoms with Gasteiger partial charge in [-0.3, -0.25) is 0 Å². The molecule has 0 aromatic heterocycles. The number of hydrogen-bond donors (Lipinski definition) is 1. The van der Waals surface area contributed by atoms with E-state index < -0.39 is 0 Å². The Balaban J connectivity index is 1.72. The Morgan fingerprint density at radius 2 is 1.83 bits per heavy atom. The molecule has 0 saturated heterocycles. The van der Waals surface area contributed by atoms with Gasteiger partial charge in [0.2, 0.25) is 0 Å². The first-order valence-corrected chi connectivity index (χ1v) is 14.6. The van der Waals surface area contributed by atoms with Crippen molar-refractivity contribution in [2.75, 3.05) is 6.54 Å². The number of rotatable bonds is 5. The third-order valence-corrected chi connectivity index (χ3v) is 7.45. The molecule has 0 saturated carbocycles. The number of benzene rings is 3. The predicted molar refractivity (Wildman–Crippen MR) is 146 cm³/mol. The first-order valence-electron chi connectivity index (χ1n) is 10.9. The van der Waals surface area contributed by atoms with Gasteiger partial charge in [0.15, 0.2) is 0 Å². The average Bonchev–Trinajstić information content (AvgIpc) is 2.91. The van der Waals surface area contributed by atoms with Gasteiger partial charge in [0.25, 0.3) is 0 Å². The van der Waals surface area contributed by atoms with Crippen molar-refractivity contribution < 1.29 is 0 Å². The van der Waals surface area contributed by atoms with Crippen LogP contribution in [0.1, 0.15) is 29.0 Å². The van der Waals surface area contributed by atoms with E-state index in [0.717, 1.165) is 22.6 Å². The Morgan fingerprint density at radius 1 is 1.11 bits per heavy atom. The number of aliphatic imine (C=N–C) groups is 1. The van der Waals surface area contributed by atoms with Crippen molar-refractivity contribution in [3.63, 3.8) is 0 Å². The molecule has 3 aromatic rings. The molecule has 0 spiro atoms. The maximum absolute atomic E-state index is 9.04. The van der Waals surface area contributed by atoms with Gasteiger partial charge in [0.05, 0.1) is 0 Å². The molecule has 0 bridgehead atoms. The van der Waals surface area contributed by atoms with Gasteiger partial charge in [0.1, 0.15) is 0 Å². The minimum atomic E-state index is 0.0466. The van der Waals surface area contributed by atoms with Gasteiger partial charge in [-0.15, -0.1) is 0 Å². The number of nitrogens with zero attached hydrogens (tertiary/aromatic N) is 5. The van der Waals surface area contributed by atoms with E-state index in [1.54, 1.807) is 12.1 Å². The van der Waals surface area contributed by atoms with Crippen LogP contribution in [0.2, 0.25) is 10.8 Å². The number of amidine groups is 1. The molecule has 1 aliphatic rings. The second kappa shape index (κ2) is 12.1. The van der Waals surface area contributed by atoms with E-state index in [0.29, 0.717) is 27.8 Å². The normalized spacial score (nSPS) is 16.5. The second-order valence-corrected chi connectivity index (χ2v) is 10.6. The Kier molecular flexibility index (Phi) is 8.62. The Bertz CT molecular complexity index is 1280. The molecule has 1 aliphatic heterocycles. The second-order valence-electron chi connectivity index (χ2n) is 7.64. The summed E-state index contributed by atoms with van der Waals surface area (Å²) >= 11 is 7.49. The summed E-state index contributed by atoms with van der Waals surface area (Å²) in [6.45, 7) is 0.650. The number of nitriles is 1. The number of halogens is 1. The molecule has 1 heterocycles. The Hall–Kier alpha value is -3.08. The fourth-order valence-electron chi connectivity index (χ4n) is 3.63. The predicted octanol–water partition coefficient (Wildman–Crippen LogP) is 5.54. The van der Waals surface area contributed by atoms with Crippen molar-refractivity contribution in [2.24, 2.45) is 20.2 Å². The minimum absolute atomic E-state index is 0.0466. The molecule has 1 unspecified atom stereocenters. The van der Waals surface area contributed by atoms with Crippen LogP contribution in [-0.4, -0.2) is 42.9 Å². The zero-order chi connectivity index (χ0) is 24.6. The van der Waals surface area contributed by atoms with E-state index in [4.69, 9.17) is 32.1 Å². The first kappa shape index (κ1) is 25.0. The molecule has 0 fully saturated rings. The Labute approximate surface area is 220 Å². The fraction of sp³-hybridized carbons (Fsp3) is 0.154. The first-order chi connectivity index (χ1) is 17.1. The van der Waals surface area contributed by atoms with Crippen LogP contribution < -0.4 is 5.73 Å². The van der Waals surface area contributed by atoms with E-state index in [-0.39, 0.29) is 20.9 Å². The molecule has 0 radical (unpaired) electrons. The van der Waals surface area contributed by atoms with Crippen LogP contribution in [0.4, 0.5) is 0 Å². The van der Waals surface area contributed by atoms with E-state index in [1.807, 2.05) is 53.3 Å². The number of nitrogens with two attached hydrogens (primary N) is 1. The molecule has 9 heteroatoms. The summed E-state index contributed by atoms with van der Waals surface area (Å²) in [5.74, 6) is 2.61. The van der Waals surface area contributed by atoms with E-state index in [2.05, 4.69) is 35.3 Å². The molecule has 2 N–H and O–H groups in total. The van der Waals surface area contributed by atoms with Crippen molar-refractivity contribution >= 4 is 54.9 Å². The van der Waals surface area contributed by atoms with Crippen molar-refractivity contribution in [3.8, 4) is 6.07 Å². The van der Waals surface area contributed by atoms with Crippen LogP contribution in [0.3, 0.4) is 0 Å². The molecular weight excluding hydrogens is 543 g/mol. The molecule has 35 heavy (non-hydrogen) atoms. The van der Waals surface area contributed by atoms with Crippen molar-refractivity contribution in [3.05, 3.63) is 101 Å². The van der Waals surface area contributed by atoms with E-state index in [1.165, 1.54) is 17.5 Å². The van der Waals surface area contributed by atoms with Gasteiger partial charge in [-0.2, -0.15) is 0 Å². The summed E-state index contributed by atoms with van der Waals surface area (Å²) in [6, 6.07) is 27.6. The SMILES string of the molecule is C[Se]/C(N)=N\C(=N\Sc1ccc(C#N)cc1)N1CCC(c2ccccc2)C(c2ccc(Cl)cc2)=N1. The molecular formula is C26H23ClN6SSe. The Morgan fingerprint density at radius 3 is 2.49 bits per heavy atom. The molecule has 4 rings (SSSR count). The van der Waals surface area contributed by atoms with Crippen LogP contribution in [0.5, 0.6) is 0 Å². The third kappa shape index (κ3) is 6.53. The number of guanidine groups is 1. The van der Waals surface area contributed by atoms with Gasteiger partial charge >= 0.3 is 222 Å². The standard InChI is InChI=1S/C26H23ClN6SSe/c1-35-25(29)30-26(32-34-22-13-7-18(17-28)8-14-22)33-16-15-23(19-5-3-2-4-6-19)24(31-33)20-9-11-21(27)12-10-20/h2-14,23H,15-16H2,1H3,(H2,29,30,32). The van der Waals surface area contributed by atoms with Gasteiger partial charge in [-0.25, -0.2) is 0 Å². The van der Waals surface area contributed by atoms with Gasteiger partial charge in [-0.1, -0.05) is 0 Å². The summed E-state index contributed by atoms with van der Waals surface area (Å²) in [5.41, 5.74) is 9.89. The number of hydrogen-bond acceptors (Lipinski definition) is 4. The van der Waals surface area contributed by atoms with Gasteiger partial charge < -0.3 is 0 Å². The molecule has 1 atom stereocenters. The van der Waals surface area contributed by atoms with Crippen LogP contribution >= 0.6 is 23.5 Å². The summed E-state index contributed by atoms with van der Waals surface area (Å²) in [7, 11) is 0. The van der Waals surface area contributed by atoms with Crippen molar-refractivity contribution in [1.29, 1.82) is 5.26 Å². The molecule has 6 nitrogen and oxygen atoms in total. The zero-order valence-electron chi connectivity index (χ0n) is 19.0. The molecule has 176 valence electrons. The van der Waals surface area contributed by atoms with Crippen LogP contribution in [0, 0.1) is 11.3 Å². The average molecular weight is 566 g/mol. The van der Waals surface area contributed by atoms with Gasteiger partial charge in [-0.05, 0) is 0 Å². The summed E-state index contributed by atoms with van der Waals surface area (Å²) < 4.78 is 5.24. The molecule has 0 amide bonds.